The van der Waals surface area contributed by atoms with Gasteiger partial charge in [0.05, 0.1) is 6.54 Å². The third kappa shape index (κ3) is 5.35. The number of benzene rings is 2. The molecular weight excluding hydrogens is 495 g/mol. The highest BCUT2D eigenvalue weighted by atomic mass is 127. The van der Waals surface area contributed by atoms with Gasteiger partial charge in [-0.25, -0.2) is 4.99 Å². The number of anilines is 1. The van der Waals surface area contributed by atoms with Crippen molar-refractivity contribution < 1.29 is 14.3 Å². The van der Waals surface area contributed by atoms with E-state index in [4.69, 9.17) is 9.47 Å². The number of fused-ring (bicyclic) bond motifs is 1. The predicted octanol–water partition coefficient (Wildman–Crippen LogP) is 3.42. The van der Waals surface area contributed by atoms with Crippen molar-refractivity contribution in [2.24, 2.45) is 4.99 Å². The minimum absolute atomic E-state index is 0. The Morgan fingerprint density at radius 3 is 2.57 bits per heavy atom. The van der Waals surface area contributed by atoms with Crippen LogP contribution in [-0.4, -0.2) is 31.7 Å². The molecule has 2 N–H and O–H groups in total. The monoisotopic (exact) mass is 522 g/mol. The van der Waals surface area contributed by atoms with Gasteiger partial charge < -0.3 is 25.0 Å². The summed E-state index contributed by atoms with van der Waals surface area (Å²) in [5, 5.41) is 6.63. The Morgan fingerprint density at radius 1 is 1.07 bits per heavy atom. The van der Waals surface area contributed by atoms with Gasteiger partial charge in [-0.2, -0.15) is 0 Å². The number of nitrogens with zero attached hydrogens (tertiary/aromatic N) is 2. The van der Waals surface area contributed by atoms with Crippen LogP contribution in [0, 0.1) is 0 Å². The van der Waals surface area contributed by atoms with E-state index in [0.29, 0.717) is 19.5 Å². The first-order valence-corrected chi connectivity index (χ1v) is 10.0. The highest BCUT2D eigenvalue weighted by Gasteiger charge is 2.21. The maximum Gasteiger partial charge on any atom is 0.231 e. The van der Waals surface area contributed by atoms with E-state index in [1.807, 2.05) is 42.2 Å². The maximum absolute atomic E-state index is 11.9. The molecule has 1 fully saturated rings. The molecule has 2 aromatic carbocycles. The van der Waals surface area contributed by atoms with Gasteiger partial charge in [0.1, 0.15) is 0 Å². The Bertz CT molecular complexity index is 902. The summed E-state index contributed by atoms with van der Waals surface area (Å²) in [6, 6.07) is 14.0. The second-order valence-electron chi connectivity index (χ2n) is 7.05. The van der Waals surface area contributed by atoms with Gasteiger partial charge in [0.2, 0.25) is 12.7 Å². The van der Waals surface area contributed by atoms with Gasteiger partial charge in [-0.3, -0.25) is 4.79 Å². The number of amides is 1. The fourth-order valence-corrected chi connectivity index (χ4v) is 3.45. The summed E-state index contributed by atoms with van der Waals surface area (Å²) in [5.74, 6) is 2.51. The fraction of sp³-hybridized carbons (Fsp3) is 0.364. The molecule has 0 bridgehead atoms. The Labute approximate surface area is 193 Å². The topological polar surface area (TPSA) is 75.2 Å². The van der Waals surface area contributed by atoms with E-state index in [2.05, 4.69) is 27.8 Å². The standard InChI is InChI=1S/C22H26N4O3.HI/c1-2-23-22(25-14-17-7-10-19-20(12-17)29-15-28-19)24-13-16-5-8-18(9-6-16)26-11-3-4-21(26)27;/h5-10,12H,2-4,11,13-15H2,1H3,(H2,23,24,25);1H. The second-order valence-corrected chi connectivity index (χ2v) is 7.05. The lowest BCUT2D eigenvalue weighted by molar-refractivity contribution is -0.117. The molecule has 7 nitrogen and oxygen atoms in total. The van der Waals surface area contributed by atoms with Gasteiger partial charge in [-0.1, -0.05) is 18.2 Å². The molecule has 30 heavy (non-hydrogen) atoms. The molecule has 0 atom stereocenters. The summed E-state index contributed by atoms with van der Waals surface area (Å²) in [5.41, 5.74) is 3.17. The molecule has 0 radical (unpaired) electrons. The number of nitrogens with one attached hydrogen (secondary N) is 2. The smallest absolute Gasteiger partial charge is 0.231 e. The number of carbonyl (C=O) groups excluding carboxylic acids is 1. The highest BCUT2D eigenvalue weighted by molar-refractivity contribution is 14.0. The Morgan fingerprint density at radius 2 is 1.83 bits per heavy atom. The first-order chi connectivity index (χ1) is 14.2. The number of hydrogen-bond donors (Lipinski definition) is 2. The summed E-state index contributed by atoms with van der Waals surface area (Å²) in [4.78, 5) is 18.4. The fourth-order valence-electron chi connectivity index (χ4n) is 3.45. The molecule has 2 heterocycles. The average Bonchev–Trinajstić information content (AvgIpc) is 3.39. The van der Waals surface area contributed by atoms with E-state index in [0.717, 1.165) is 53.8 Å². The summed E-state index contributed by atoms with van der Waals surface area (Å²) in [6.45, 7) is 5.11. The lowest BCUT2D eigenvalue weighted by atomic mass is 10.2. The Kier molecular flexibility index (Phi) is 7.78. The number of aliphatic imine (C=N–C) groups is 1. The van der Waals surface area contributed by atoms with Crippen LogP contribution in [-0.2, 0) is 17.9 Å². The van der Waals surface area contributed by atoms with Crippen molar-refractivity contribution in [2.75, 3.05) is 24.8 Å². The van der Waals surface area contributed by atoms with Crippen LogP contribution in [0.25, 0.3) is 0 Å². The lowest BCUT2D eigenvalue weighted by Crippen LogP contribution is -2.36. The molecule has 0 aromatic heterocycles. The first kappa shape index (κ1) is 22.2. The third-order valence-electron chi connectivity index (χ3n) is 4.98. The van der Waals surface area contributed by atoms with Gasteiger partial charge in [-0.15, -0.1) is 24.0 Å². The first-order valence-electron chi connectivity index (χ1n) is 10.0. The summed E-state index contributed by atoms with van der Waals surface area (Å²) in [7, 11) is 0. The van der Waals surface area contributed by atoms with Crippen LogP contribution < -0.4 is 25.0 Å². The predicted molar refractivity (Wildman–Crippen MR) is 128 cm³/mol. The van der Waals surface area contributed by atoms with Crippen LogP contribution in [0.5, 0.6) is 11.5 Å². The molecule has 0 spiro atoms. The van der Waals surface area contributed by atoms with Crippen molar-refractivity contribution in [3.8, 4) is 11.5 Å². The zero-order valence-corrected chi connectivity index (χ0v) is 19.3. The van der Waals surface area contributed by atoms with Crippen LogP contribution >= 0.6 is 24.0 Å². The molecule has 0 saturated carbocycles. The van der Waals surface area contributed by atoms with Gasteiger partial charge >= 0.3 is 0 Å². The van der Waals surface area contributed by atoms with Gasteiger partial charge in [0, 0.05) is 31.7 Å². The van der Waals surface area contributed by atoms with Crippen molar-refractivity contribution >= 4 is 41.5 Å². The van der Waals surface area contributed by atoms with E-state index >= 15 is 0 Å². The van der Waals surface area contributed by atoms with Crippen LogP contribution in [0.15, 0.2) is 47.5 Å². The van der Waals surface area contributed by atoms with E-state index in [1.54, 1.807) is 0 Å². The number of carbonyl (C=O) groups is 1. The van der Waals surface area contributed by atoms with Crippen LogP contribution in [0.4, 0.5) is 5.69 Å². The lowest BCUT2D eigenvalue weighted by Gasteiger charge is -2.16. The zero-order valence-electron chi connectivity index (χ0n) is 17.0. The van der Waals surface area contributed by atoms with Crippen molar-refractivity contribution in [3.05, 3.63) is 53.6 Å². The third-order valence-corrected chi connectivity index (χ3v) is 4.98. The number of ether oxygens (including phenoxy) is 2. The quantitative estimate of drug-likeness (QED) is 0.346. The van der Waals surface area contributed by atoms with Crippen molar-refractivity contribution in [1.29, 1.82) is 0 Å². The number of rotatable bonds is 6. The SMILES string of the molecule is CCNC(=NCc1ccc2c(c1)OCO2)NCc1ccc(N2CCCC2=O)cc1.I. The van der Waals surface area contributed by atoms with Crippen LogP contribution in [0.1, 0.15) is 30.9 Å². The van der Waals surface area contributed by atoms with Crippen LogP contribution in [0.2, 0.25) is 0 Å². The summed E-state index contributed by atoms with van der Waals surface area (Å²) in [6.07, 6.45) is 1.59. The molecule has 0 unspecified atom stereocenters. The Balaban J connectivity index is 0.00000256. The molecule has 2 aliphatic rings. The molecule has 4 rings (SSSR count). The highest BCUT2D eigenvalue weighted by Crippen LogP contribution is 2.32. The number of guanidine groups is 1. The van der Waals surface area contributed by atoms with Gasteiger partial charge in [-0.05, 0) is 48.7 Å². The van der Waals surface area contributed by atoms with Gasteiger partial charge in [0.15, 0.2) is 17.5 Å². The molecule has 2 aliphatic heterocycles. The average molecular weight is 522 g/mol. The maximum atomic E-state index is 11.9. The molecule has 2 aromatic rings. The minimum atomic E-state index is 0. The molecule has 1 saturated heterocycles. The van der Waals surface area contributed by atoms with Crippen molar-refractivity contribution in [3.63, 3.8) is 0 Å². The van der Waals surface area contributed by atoms with E-state index in [1.165, 1.54) is 0 Å². The van der Waals surface area contributed by atoms with E-state index in [9.17, 15) is 4.79 Å². The van der Waals surface area contributed by atoms with Crippen molar-refractivity contribution in [2.45, 2.75) is 32.9 Å². The van der Waals surface area contributed by atoms with E-state index in [-0.39, 0.29) is 36.7 Å². The number of halogens is 1. The molecule has 1 amide bonds. The van der Waals surface area contributed by atoms with E-state index < -0.39 is 0 Å². The molecule has 0 aliphatic carbocycles. The normalized spacial score (nSPS) is 15.2. The second kappa shape index (κ2) is 10.5. The minimum Gasteiger partial charge on any atom is -0.454 e. The summed E-state index contributed by atoms with van der Waals surface area (Å²) >= 11 is 0. The van der Waals surface area contributed by atoms with Gasteiger partial charge in [0.25, 0.3) is 0 Å². The number of hydrogen-bond acceptors (Lipinski definition) is 4. The molecular formula is C22H27IN4O3. The van der Waals surface area contributed by atoms with Crippen molar-refractivity contribution in [1.82, 2.24) is 10.6 Å². The van der Waals surface area contributed by atoms with Crippen LogP contribution in [0.3, 0.4) is 0 Å². The molecule has 8 heteroatoms. The summed E-state index contributed by atoms with van der Waals surface area (Å²) < 4.78 is 10.8. The largest absolute Gasteiger partial charge is 0.454 e. The Hall–Kier alpha value is -2.49. The zero-order chi connectivity index (χ0) is 20.1. The molecule has 160 valence electrons.